The summed E-state index contributed by atoms with van der Waals surface area (Å²) in [6.07, 6.45) is 12.1. The molecule has 0 atom stereocenters. The van der Waals surface area contributed by atoms with Crippen LogP contribution in [0.5, 0.6) is 0 Å². The number of hydrogen-bond donors (Lipinski definition) is 2. The van der Waals surface area contributed by atoms with E-state index in [-0.39, 0.29) is 0 Å². The Morgan fingerprint density at radius 2 is 2.11 bits per heavy atom. The Hall–Kier alpha value is -3.00. The fourth-order valence-corrected chi connectivity index (χ4v) is 4.43. The van der Waals surface area contributed by atoms with E-state index >= 15 is 0 Å². The predicted octanol–water partition coefficient (Wildman–Crippen LogP) is 3.04. The number of ether oxygens (including phenoxy) is 1. The highest BCUT2D eigenvalue weighted by Gasteiger charge is 2.41. The smallest absolute Gasteiger partial charge is 0.224 e. The van der Waals surface area contributed by atoms with Crippen LogP contribution in [-0.2, 0) is 4.74 Å². The van der Waals surface area contributed by atoms with E-state index in [4.69, 9.17) is 9.72 Å². The summed E-state index contributed by atoms with van der Waals surface area (Å²) in [4.78, 5) is 16.8. The second kappa shape index (κ2) is 6.00. The van der Waals surface area contributed by atoms with Crippen molar-refractivity contribution in [1.29, 1.82) is 0 Å². The summed E-state index contributed by atoms with van der Waals surface area (Å²) in [5.41, 5.74) is 4.25. The minimum Gasteiger partial charge on any atom is -0.380 e. The number of hydrogen-bond acceptors (Lipinski definition) is 6. The van der Waals surface area contributed by atoms with Crippen molar-refractivity contribution in [3.8, 4) is 11.1 Å². The van der Waals surface area contributed by atoms with E-state index in [1.165, 1.54) is 12.8 Å². The van der Waals surface area contributed by atoms with Gasteiger partial charge in [-0.3, -0.25) is 0 Å². The predicted molar refractivity (Wildman–Crippen MR) is 105 cm³/mol. The van der Waals surface area contributed by atoms with Crippen LogP contribution in [0.15, 0.2) is 37.1 Å². The maximum atomic E-state index is 5.42. The molecule has 28 heavy (non-hydrogen) atoms. The molecule has 2 fully saturated rings. The van der Waals surface area contributed by atoms with Crippen LogP contribution < -0.4 is 5.32 Å². The van der Waals surface area contributed by atoms with Gasteiger partial charge in [0.05, 0.1) is 13.2 Å². The number of rotatable bonds is 3. The molecule has 6 rings (SSSR count). The molecule has 0 radical (unpaired) electrons. The number of H-pyrrole nitrogens is 1. The third-order valence-corrected chi connectivity index (χ3v) is 6.22. The third-order valence-electron chi connectivity index (χ3n) is 6.22. The lowest BCUT2D eigenvalue weighted by molar-refractivity contribution is -0.131. The summed E-state index contributed by atoms with van der Waals surface area (Å²) in [5, 5.41) is 8.67. The first-order chi connectivity index (χ1) is 13.8. The highest BCUT2D eigenvalue weighted by molar-refractivity contribution is 5.93. The first-order valence-electron chi connectivity index (χ1n) is 9.76. The third kappa shape index (κ3) is 2.56. The van der Waals surface area contributed by atoms with Crippen LogP contribution in [0.3, 0.4) is 0 Å². The highest BCUT2D eigenvalue weighted by Crippen LogP contribution is 2.42. The number of nitrogens with zero attached hydrogens (tertiary/aromatic N) is 5. The average Bonchev–Trinajstić information content (AvgIpc) is 3.33. The standard InChI is InChI=1S/C20H21N7O/c1-4-20(10-28-11-20)5-2-14(1)25-19-22-9-16-15(8-21-18(16)26-19)13-3-6-27-17(7-13)23-12-24-27/h3,6-9,12,14H,1-2,4-5,10-11H2,(H2,21,22,25,26). The number of pyridine rings is 1. The highest BCUT2D eigenvalue weighted by atomic mass is 16.5. The molecule has 8 nitrogen and oxygen atoms in total. The van der Waals surface area contributed by atoms with Crippen LogP contribution in [-0.4, -0.2) is 48.8 Å². The summed E-state index contributed by atoms with van der Waals surface area (Å²) in [5.74, 6) is 0.694. The lowest BCUT2D eigenvalue weighted by Crippen LogP contribution is -2.47. The topological polar surface area (TPSA) is 93.0 Å². The number of aromatic amines is 1. The molecular formula is C20H21N7O. The van der Waals surface area contributed by atoms with E-state index in [1.807, 2.05) is 30.7 Å². The van der Waals surface area contributed by atoms with Crippen molar-refractivity contribution in [1.82, 2.24) is 29.5 Å². The number of nitrogens with one attached hydrogen (secondary N) is 2. The van der Waals surface area contributed by atoms with Crippen LogP contribution in [0, 0.1) is 5.41 Å². The zero-order valence-corrected chi connectivity index (χ0v) is 15.4. The Labute approximate surface area is 161 Å². The maximum absolute atomic E-state index is 5.42. The van der Waals surface area contributed by atoms with Gasteiger partial charge in [-0.2, -0.15) is 10.1 Å². The van der Waals surface area contributed by atoms with Gasteiger partial charge in [0.1, 0.15) is 12.0 Å². The number of anilines is 1. The van der Waals surface area contributed by atoms with Gasteiger partial charge < -0.3 is 15.0 Å². The molecule has 0 amide bonds. The van der Waals surface area contributed by atoms with Gasteiger partial charge in [-0.25, -0.2) is 14.5 Å². The summed E-state index contributed by atoms with van der Waals surface area (Å²) >= 11 is 0. The zero-order valence-electron chi connectivity index (χ0n) is 15.4. The summed E-state index contributed by atoms with van der Waals surface area (Å²) in [7, 11) is 0. The van der Waals surface area contributed by atoms with E-state index in [0.29, 0.717) is 17.4 Å². The molecule has 1 aliphatic heterocycles. The Morgan fingerprint density at radius 1 is 1.21 bits per heavy atom. The maximum Gasteiger partial charge on any atom is 0.224 e. The largest absolute Gasteiger partial charge is 0.380 e. The monoisotopic (exact) mass is 375 g/mol. The van der Waals surface area contributed by atoms with Crippen molar-refractivity contribution in [3.63, 3.8) is 0 Å². The van der Waals surface area contributed by atoms with Gasteiger partial charge in [-0.1, -0.05) is 0 Å². The van der Waals surface area contributed by atoms with Gasteiger partial charge in [0.25, 0.3) is 0 Å². The molecule has 2 N–H and O–H groups in total. The summed E-state index contributed by atoms with van der Waals surface area (Å²) in [6, 6.07) is 4.48. The number of fused-ring (bicyclic) bond motifs is 2. The molecule has 0 aromatic carbocycles. The van der Waals surface area contributed by atoms with Gasteiger partial charge in [0, 0.05) is 41.0 Å². The Morgan fingerprint density at radius 3 is 2.93 bits per heavy atom. The van der Waals surface area contributed by atoms with Crippen molar-refractivity contribution in [2.45, 2.75) is 31.7 Å². The molecule has 1 saturated carbocycles. The van der Waals surface area contributed by atoms with Crippen LogP contribution in [0.2, 0.25) is 0 Å². The number of aromatic nitrogens is 6. The van der Waals surface area contributed by atoms with Crippen LogP contribution in [0.25, 0.3) is 27.8 Å². The van der Waals surface area contributed by atoms with E-state index < -0.39 is 0 Å². The second-order valence-electron chi connectivity index (χ2n) is 8.05. The average molecular weight is 375 g/mol. The summed E-state index contributed by atoms with van der Waals surface area (Å²) < 4.78 is 7.17. The minimum absolute atomic E-state index is 0.438. The van der Waals surface area contributed by atoms with E-state index in [0.717, 1.165) is 53.9 Å². The van der Waals surface area contributed by atoms with Crippen molar-refractivity contribution in [2.24, 2.45) is 5.41 Å². The van der Waals surface area contributed by atoms with E-state index in [1.54, 1.807) is 10.8 Å². The SMILES string of the molecule is c1nc2cc(-c3c[nH]c4nc(NC5CCC6(CC5)COC6)ncc34)ccn2n1. The van der Waals surface area contributed by atoms with Gasteiger partial charge in [0.2, 0.25) is 5.95 Å². The van der Waals surface area contributed by atoms with Gasteiger partial charge in [-0.15, -0.1) is 0 Å². The normalized spacial score (nSPS) is 19.3. The van der Waals surface area contributed by atoms with E-state index in [2.05, 4.69) is 25.4 Å². The Bertz CT molecular complexity index is 1150. The lowest BCUT2D eigenvalue weighted by Gasteiger charge is -2.46. The minimum atomic E-state index is 0.438. The molecule has 142 valence electrons. The fraction of sp³-hybridized carbons (Fsp3) is 0.400. The molecule has 4 aromatic heterocycles. The molecule has 4 aromatic rings. The molecule has 2 aliphatic rings. The van der Waals surface area contributed by atoms with Crippen LogP contribution >= 0.6 is 0 Å². The zero-order chi connectivity index (χ0) is 18.6. The molecule has 8 heteroatoms. The molecular weight excluding hydrogens is 354 g/mol. The Kier molecular flexibility index (Phi) is 3.43. The van der Waals surface area contributed by atoms with E-state index in [9.17, 15) is 0 Å². The van der Waals surface area contributed by atoms with Crippen molar-refractivity contribution in [2.75, 3.05) is 18.5 Å². The van der Waals surface area contributed by atoms with Crippen LogP contribution in [0.1, 0.15) is 25.7 Å². The Balaban J connectivity index is 1.24. The quantitative estimate of drug-likeness (QED) is 0.572. The summed E-state index contributed by atoms with van der Waals surface area (Å²) in [6.45, 7) is 1.88. The lowest BCUT2D eigenvalue weighted by atomic mass is 9.71. The fourth-order valence-electron chi connectivity index (χ4n) is 4.43. The molecule has 0 unspecified atom stereocenters. The second-order valence-corrected chi connectivity index (χ2v) is 8.05. The molecule has 1 spiro atoms. The van der Waals surface area contributed by atoms with Crippen molar-refractivity contribution < 1.29 is 4.74 Å². The van der Waals surface area contributed by atoms with Gasteiger partial charge in [-0.05, 0) is 43.4 Å². The van der Waals surface area contributed by atoms with Crippen molar-refractivity contribution >= 4 is 22.6 Å². The first kappa shape index (κ1) is 16.0. The molecule has 0 bridgehead atoms. The van der Waals surface area contributed by atoms with Crippen LogP contribution in [0.4, 0.5) is 5.95 Å². The molecule has 1 aliphatic carbocycles. The molecule has 5 heterocycles. The van der Waals surface area contributed by atoms with Gasteiger partial charge in [0.15, 0.2) is 5.65 Å². The first-order valence-corrected chi connectivity index (χ1v) is 9.76. The van der Waals surface area contributed by atoms with Crippen molar-refractivity contribution in [3.05, 3.63) is 37.1 Å². The molecule has 1 saturated heterocycles. The van der Waals surface area contributed by atoms with Gasteiger partial charge >= 0.3 is 0 Å².